The van der Waals surface area contributed by atoms with Crippen molar-refractivity contribution in [3.05, 3.63) is 33.8 Å². The molecule has 0 saturated heterocycles. The number of aliphatic hydroxyl groups is 1. The molecule has 1 rings (SSSR count). The van der Waals surface area contributed by atoms with Crippen LogP contribution in [0.5, 0.6) is 0 Å². The van der Waals surface area contributed by atoms with E-state index < -0.39 is 0 Å². The van der Waals surface area contributed by atoms with Gasteiger partial charge in [0, 0.05) is 18.2 Å². The number of aliphatic hydroxyl groups excluding tert-OH is 1. The number of aryl methyl sites for hydroxylation is 1. The van der Waals surface area contributed by atoms with Crippen molar-refractivity contribution < 1.29 is 9.84 Å². The van der Waals surface area contributed by atoms with Crippen LogP contribution in [0, 0.1) is 0 Å². The lowest BCUT2D eigenvalue weighted by molar-refractivity contribution is 0.184. The molecule has 1 aromatic carbocycles. The monoisotopic (exact) mass is 258 g/mol. The molecule has 0 radical (unpaired) electrons. The standard InChI is InChI=1S/C11H15BrO2/c1-14-8-10-5-4-9(3-2-6-13)7-11(10)12/h4-5,7,13H,2-3,6,8H2,1H3. The largest absolute Gasteiger partial charge is 0.396 e. The number of benzene rings is 1. The first kappa shape index (κ1) is 11.7. The maximum atomic E-state index is 8.70. The fourth-order valence-electron chi connectivity index (χ4n) is 1.30. The van der Waals surface area contributed by atoms with E-state index in [1.807, 2.05) is 0 Å². The lowest BCUT2D eigenvalue weighted by Crippen LogP contribution is -1.93. The second-order valence-corrected chi connectivity index (χ2v) is 4.04. The van der Waals surface area contributed by atoms with Gasteiger partial charge >= 0.3 is 0 Å². The van der Waals surface area contributed by atoms with E-state index in [9.17, 15) is 0 Å². The van der Waals surface area contributed by atoms with Crippen molar-refractivity contribution in [3.8, 4) is 0 Å². The van der Waals surface area contributed by atoms with Gasteiger partial charge in [-0.15, -0.1) is 0 Å². The molecule has 0 unspecified atom stereocenters. The van der Waals surface area contributed by atoms with E-state index in [2.05, 4.69) is 34.1 Å². The summed E-state index contributed by atoms with van der Waals surface area (Å²) in [7, 11) is 1.69. The maximum Gasteiger partial charge on any atom is 0.0724 e. The Morgan fingerprint density at radius 2 is 2.21 bits per heavy atom. The molecule has 0 saturated carbocycles. The molecule has 0 fully saturated rings. The molecule has 3 heteroatoms. The SMILES string of the molecule is COCc1ccc(CCCO)cc1Br. The van der Waals surface area contributed by atoms with Gasteiger partial charge in [-0.25, -0.2) is 0 Å². The highest BCUT2D eigenvalue weighted by Gasteiger charge is 2.00. The second-order valence-electron chi connectivity index (χ2n) is 3.19. The van der Waals surface area contributed by atoms with Crippen molar-refractivity contribution >= 4 is 15.9 Å². The molecule has 0 atom stereocenters. The second kappa shape index (κ2) is 6.17. The van der Waals surface area contributed by atoms with E-state index in [1.165, 1.54) is 5.56 Å². The molecule has 1 N–H and O–H groups in total. The third-order valence-electron chi connectivity index (χ3n) is 2.04. The van der Waals surface area contributed by atoms with Gasteiger partial charge in [0.1, 0.15) is 0 Å². The van der Waals surface area contributed by atoms with Crippen molar-refractivity contribution in [1.82, 2.24) is 0 Å². The van der Waals surface area contributed by atoms with E-state index in [0.717, 1.165) is 22.9 Å². The minimum Gasteiger partial charge on any atom is -0.396 e. The highest BCUT2D eigenvalue weighted by atomic mass is 79.9. The van der Waals surface area contributed by atoms with Crippen LogP contribution in [-0.4, -0.2) is 18.8 Å². The Morgan fingerprint density at radius 1 is 1.43 bits per heavy atom. The summed E-state index contributed by atoms with van der Waals surface area (Å²) in [4.78, 5) is 0. The summed E-state index contributed by atoms with van der Waals surface area (Å²) < 4.78 is 6.14. The molecule has 0 spiro atoms. The Balaban J connectivity index is 2.68. The summed E-state index contributed by atoms with van der Waals surface area (Å²) in [6, 6.07) is 6.22. The molecule has 0 aliphatic carbocycles. The first-order valence-electron chi connectivity index (χ1n) is 4.65. The van der Waals surface area contributed by atoms with Crippen molar-refractivity contribution in [2.45, 2.75) is 19.4 Å². The van der Waals surface area contributed by atoms with Gasteiger partial charge in [0.2, 0.25) is 0 Å². The van der Waals surface area contributed by atoms with E-state index in [-0.39, 0.29) is 6.61 Å². The molecule has 1 aromatic rings. The third kappa shape index (κ3) is 3.40. The first-order valence-corrected chi connectivity index (χ1v) is 5.44. The van der Waals surface area contributed by atoms with Gasteiger partial charge in [-0.2, -0.15) is 0 Å². The predicted octanol–water partition coefficient (Wildman–Crippen LogP) is 2.52. The minimum absolute atomic E-state index is 0.247. The Labute approximate surface area is 93.0 Å². The Hall–Kier alpha value is -0.380. The zero-order valence-electron chi connectivity index (χ0n) is 8.29. The molecule has 14 heavy (non-hydrogen) atoms. The molecule has 0 aliphatic rings. The molecule has 78 valence electrons. The Morgan fingerprint density at radius 3 is 2.79 bits per heavy atom. The van der Waals surface area contributed by atoms with Crippen LogP contribution in [0.25, 0.3) is 0 Å². The number of methoxy groups -OCH3 is 1. The smallest absolute Gasteiger partial charge is 0.0724 e. The van der Waals surface area contributed by atoms with Crippen molar-refractivity contribution in [2.24, 2.45) is 0 Å². The molecular weight excluding hydrogens is 244 g/mol. The zero-order chi connectivity index (χ0) is 10.4. The van der Waals surface area contributed by atoms with E-state index >= 15 is 0 Å². The van der Waals surface area contributed by atoms with Gasteiger partial charge < -0.3 is 9.84 Å². The molecule has 0 bridgehead atoms. The average molecular weight is 259 g/mol. The summed E-state index contributed by atoms with van der Waals surface area (Å²) in [6.07, 6.45) is 1.73. The van der Waals surface area contributed by atoms with Crippen LogP contribution in [0.4, 0.5) is 0 Å². The summed E-state index contributed by atoms with van der Waals surface area (Å²) in [5.74, 6) is 0. The normalized spacial score (nSPS) is 10.5. The van der Waals surface area contributed by atoms with Crippen LogP contribution in [0.3, 0.4) is 0 Å². The number of hydrogen-bond acceptors (Lipinski definition) is 2. The third-order valence-corrected chi connectivity index (χ3v) is 2.78. The summed E-state index contributed by atoms with van der Waals surface area (Å²) in [6.45, 7) is 0.873. The number of rotatable bonds is 5. The van der Waals surface area contributed by atoms with Crippen LogP contribution in [-0.2, 0) is 17.8 Å². The maximum absolute atomic E-state index is 8.70. The highest BCUT2D eigenvalue weighted by molar-refractivity contribution is 9.10. The van der Waals surface area contributed by atoms with Gasteiger partial charge in [0.05, 0.1) is 6.61 Å². The van der Waals surface area contributed by atoms with Gasteiger partial charge in [-0.3, -0.25) is 0 Å². The number of ether oxygens (including phenoxy) is 1. The van der Waals surface area contributed by atoms with E-state index in [0.29, 0.717) is 6.61 Å². The topological polar surface area (TPSA) is 29.5 Å². The minimum atomic E-state index is 0.247. The number of hydrogen-bond donors (Lipinski definition) is 1. The first-order chi connectivity index (χ1) is 6.77. The van der Waals surface area contributed by atoms with Gasteiger partial charge in [-0.05, 0) is 30.0 Å². The van der Waals surface area contributed by atoms with Gasteiger partial charge in [0.15, 0.2) is 0 Å². The van der Waals surface area contributed by atoms with Gasteiger partial charge in [0.25, 0.3) is 0 Å². The summed E-state index contributed by atoms with van der Waals surface area (Å²) in [5, 5.41) is 8.70. The highest BCUT2D eigenvalue weighted by Crippen LogP contribution is 2.20. The molecule has 2 nitrogen and oxygen atoms in total. The predicted molar refractivity (Wildman–Crippen MR) is 60.3 cm³/mol. The van der Waals surface area contributed by atoms with Crippen LogP contribution in [0.1, 0.15) is 17.5 Å². The molecule has 0 amide bonds. The van der Waals surface area contributed by atoms with E-state index in [1.54, 1.807) is 7.11 Å². The van der Waals surface area contributed by atoms with Crippen LogP contribution >= 0.6 is 15.9 Å². The fourth-order valence-corrected chi connectivity index (χ4v) is 1.84. The van der Waals surface area contributed by atoms with Crippen molar-refractivity contribution in [3.63, 3.8) is 0 Å². The molecule has 0 aliphatic heterocycles. The van der Waals surface area contributed by atoms with Crippen molar-refractivity contribution in [2.75, 3.05) is 13.7 Å². The number of halogens is 1. The average Bonchev–Trinajstić information content (AvgIpc) is 2.19. The Kier molecular flexibility index (Phi) is 5.15. The lowest BCUT2D eigenvalue weighted by Gasteiger charge is -2.06. The fraction of sp³-hybridized carbons (Fsp3) is 0.455. The molecule has 0 heterocycles. The zero-order valence-corrected chi connectivity index (χ0v) is 9.88. The summed E-state index contributed by atoms with van der Waals surface area (Å²) in [5.41, 5.74) is 2.39. The van der Waals surface area contributed by atoms with Crippen LogP contribution < -0.4 is 0 Å². The molecular formula is C11H15BrO2. The van der Waals surface area contributed by atoms with Crippen LogP contribution in [0.15, 0.2) is 22.7 Å². The van der Waals surface area contributed by atoms with E-state index in [4.69, 9.17) is 9.84 Å². The van der Waals surface area contributed by atoms with Gasteiger partial charge in [-0.1, -0.05) is 28.1 Å². The molecule has 0 aromatic heterocycles. The van der Waals surface area contributed by atoms with Crippen molar-refractivity contribution in [1.29, 1.82) is 0 Å². The summed E-state index contributed by atoms with van der Waals surface area (Å²) >= 11 is 3.50. The Bertz CT molecular complexity index is 287. The van der Waals surface area contributed by atoms with Crippen LogP contribution in [0.2, 0.25) is 0 Å². The quantitative estimate of drug-likeness (QED) is 0.880. The lowest BCUT2D eigenvalue weighted by atomic mass is 10.1.